The van der Waals surface area contributed by atoms with E-state index in [-0.39, 0.29) is 24.5 Å². The van der Waals surface area contributed by atoms with Crippen LogP contribution in [0.3, 0.4) is 0 Å². The van der Waals surface area contributed by atoms with Crippen molar-refractivity contribution < 1.29 is 23.8 Å². The smallest absolute Gasteiger partial charge is 0.266 e. The van der Waals surface area contributed by atoms with Crippen LogP contribution in [0.4, 0.5) is 5.69 Å². The van der Waals surface area contributed by atoms with E-state index in [1.807, 2.05) is 45.0 Å². The maximum atomic E-state index is 13.0. The fraction of sp³-hybridized carbons (Fsp3) is 0.370. The number of anilines is 1. The summed E-state index contributed by atoms with van der Waals surface area (Å²) in [6, 6.07) is 11.2. The number of nitrogens with one attached hydrogen (secondary N) is 1. The number of aryl methyl sites for hydroxylation is 2. The molecule has 2 amide bonds. The van der Waals surface area contributed by atoms with Gasteiger partial charge in [-0.1, -0.05) is 48.2 Å². The first-order valence-corrected chi connectivity index (χ1v) is 13.2. The molecular formula is C27H30N2O5S2. The largest absolute Gasteiger partial charge is 0.490 e. The molecule has 0 spiro atoms. The summed E-state index contributed by atoms with van der Waals surface area (Å²) in [4.78, 5) is 27.7. The Kier molecular flexibility index (Phi) is 8.66. The molecule has 36 heavy (non-hydrogen) atoms. The van der Waals surface area contributed by atoms with Crippen LogP contribution in [0.5, 0.6) is 11.5 Å². The fourth-order valence-corrected chi connectivity index (χ4v) is 5.41. The number of carbonyl (C=O) groups excluding carboxylic acids is 2. The Morgan fingerprint density at radius 3 is 2.69 bits per heavy atom. The number of benzene rings is 2. The Morgan fingerprint density at radius 1 is 1.22 bits per heavy atom. The van der Waals surface area contributed by atoms with Gasteiger partial charge >= 0.3 is 0 Å². The van der Waals surface area contributed by atoms with Crippen LogP contribution in [0, 0.1) is 13.8 Å². The average molecular weight is 527 g/mol. The van der Waals surface area contributed by atoms with Gasteiger partial charge in [-0.05, 0) is 68.5 Å². The molecular weight excluding hydrogens is 496 g/mol. The van der Waals surface area contributed by atoms with Gasteiger partial charge in [0.15, 0.2) is 18.1 Å². The zero-order valence-electron chi connectivity index (χ0n) is 20.7. The number of hydrogen-bond acceptors (Lipinski definition) is 7. The number of hydrogen-bond donors (Lipinski definition) is 1. The van der Waals surface area contributed by atoms with Gasteiger partial charge in [-0.3, -0.25) is 14.5 Å². The molecule has 0 unspecified atom stereocenters. The molecule has 7 nitrogen and oxygen atoms in total. The second kappa shape index (κ2) is 11.9. The summed E-state index contributed by atoms with van der Waals surface area (Å²) in [6.07, 6.45) is 3.80. The van der Waals surface area contributed by atoms with Crippen molar-refractivity contribution in [3.8, 4) is 11.5 Å². The van der Waals surface area contributed by atoms with Gasteiger partial charge in [0.25, 0.3) is 11.8 Å². The number of para-hydroxylation sites is 1. The summed E-state index contributed by atoms with van der Waals surface area (Å²) in [5, 5.41) is 2.92. The van der Waals surface area contributed by atoms with E-state index in [0.29, 0.717) is 33.9 Å². The van der Waals surface area contributed by atoms with E-state index in [9.17, 15) is 9.59 Å². The van der Waals surface area contributed by atoms with Crippen LogP contribution < -0.4 is 14.8 Å². The van der Waals surface area contributed by atoms with Gasteiger partial charge in [0.1, 0.15) is 4.32 Å². The van der Waals surface area contributed by atoms with Crippen molar-refractivity contribution in [1.29, 1.82) is 0 Å². The molecule has 9 heteroatoms. The van der Waals surface area contributed by atoms with Crippen molar-refractivity contribution in [2.75, 3.05) is 31.7 Å². The SMILES string of the molecule is CCOc1cc(/C=C2\SC(=S)N(C[C@@H]3CCCO3)C2=O)ccc1OCC(=O)Nc1c(C)cccc1C. The minimum atomic E-state index is -0.256. The first-order valence-electron chi connectivity index (χ1n) is 12.0. The highest BCUT2D eigenvalue weighted by molar-refractivity contribution is 8.26. The monoisotopic (exact) mass is 526 g/mol. The number of thiocarbonyl (C=S) groups is 1. The number of thioether (sulfide) groups is 1. The number of nitrogens with zero attached hydrogens (tertiary/aromatic N) is 1. The van der Waals surface area contributed by atoms with Crippen molar-refractivity contribution in [3.05, 3.63) is 58.0 Å². The van der Waals surface area contributed by atoms with Crippen LogP contribution in [0.25, 0.3) is 6.08 Å². The van der Waals surface area contributed by atoms with Crippen LogP contribution in [-0.2, 0) is 14.3 Å². The normalized spacial score (nSPS) is 18.7. The van der Waals surface area contributed by atoms with Crippen molar-refractivity contribution in [1.82, 2.24) is 4.90 Å². The highest BCUT2D eigenvalue weighted by Gasteiger charge is 2.34. The maximum Gasteiger partial charge on any atom is 0.266 e. The molecule has 0 aliphatic carbocycles. The predicted octanol–water partition coefficient (Wildman–Crippen LogP) is 5.10. The van der Waals surface area contributed by atoms with Gasteiger partial charge in [-0.15, -0.1) is 0 Å². The van der Waals surface area contributed by atoms with Crippen LogP contribution in [-0.4, -0.2) is 53.5 Å². The minimum Gasteiger partial charge on any atom is -0.490 e. The standard InChI is InChI=1S/C27H30N2O5S2/c1-4-32-22-13-19(14-23-26(31)29(27(35)36-23)15-20-9-6-12-33-20)10-11-21(22)34-16-24(30)28-25-17(2)7-5-8-18(25)3/h5,7-8,10-11,13-14,20H,4,6,9,12,15-16H2,1-3H3,(H,28,30)/b23-14-/t20-/m0/s1. The second-order valence-electron chi connectivity index (χ2n) is 8.67. The van der Waals surface area contributed by atoms with Gasteiger partial charge in [0.05, 0.1) is 24.2 Å². The molecule has 0 bridgehead atoms. The van der Waals surface area contributed by atoms with Gasteiger partial charge < -0.3 is 19.5 Å². The molecule has 2 aliphatic heterocycles. The molecule has 2 aromatic rings. The molecule has 190 valence electrons. The average Bonchev–Trinajstić information content (AvgIpc) is 3.45. The lowest BCUT2D eigenvalue weighted by atomic mass is 10.1. The van der Waals surface area contributed by atoms with E-state index in [4.69, 9.17) is 26.4 Å². The second-order valence-corrected chi connectivity index (χ2v) is 10.3. The summed E-state index contributed by atoms with van der Waals surface area (Å²) >= 11 is 6.73. The van der Waals surface area contributed by atoms with Crippen molar-refractivity contribution in [2.45, 2.75) is 39.7 Å². The maximum absolute atomic E-state index is 13.0. The lowest BCUT2D eigenvalue weighted by Gasteiger charge is -2.18. The third-order valence-electron chi connectivity index (χ3n) is 5.95. The van der Waals surface area contributed by atoms with Gasteiger partial charge in [-0.25, -0.2) is 0 Å². The highest BCUT2D eigenvalue weighted by atomic mass is 32.2. The van der Waals surface area contributed by atoms with Crippen molar-refractivity contribution >= 4 is 51.9 Å². The number of amides is 2. The Bertz CT molecular complexity index is 1170. The Hall–Kier alpha value is -2.88. The summed E-state index contributed by atoms with van der Waals surface area (Å²) < 4.78 is 17.8. The van der Waals surface area contributed by atoms with E-state index in [0.717, 1.165) is 41.8 Å². The van der Waals surface area contributed by atoms with E-state index in [1.165, 1.54) is 11.8 Å². The quantitative estimate of drug-likeness (QED) is 0.360. The molecule has 0 aromatic heterocycles. The van der Waals surface area contributed by atoms with E-state index < -0.39 is 0 Å². The first kappa shape index (κ1) is 26.2. The summed E-state index contributed by atoms with van der Waals surface area (Å²) in [6.45, 7) is 7.27. The van der Waals surface area contributed by atoms with Gasteiger partial charge in [0.2, 0.25) is 0 Å². The van der Waals surface area contributed by atoms with E-state index in [2.05, 4.69) is 5.32 Å². The van der Waals surface area contributed by atoms with Gasteiger partial charge in [0, 0.05) is 12.3 Å². The lowest BCUT2D eigenvalue weighted by Crippen LogP contribution is -2.35. The summed E-state index contributed by atoms with van der Waals surface area (Å²) in [7, 11) is 0. The topological polar surface area (TPSA) is 77.1 Å². The molecule has 0 saturated carbocycles. The highest BCUT2D eigenvalue weighted by Crippen LogP contribution is 2.35. The zero-order chi connectivity index (χ0) is 25.7. The molecule has 1 atom stereocenters. The first-order chi connectivity index (χ1) is 17.4. The minimum absolute atomic E-state index is 0.0414. The molecule has 1 N–H and O–H groups in total. The Balaban J connectivity index is 1.43. The van der Waals surface area contributed by atoms with Crippen molar-refractivity contribution in [3.63, 3.8) is 0 Å². The molecule has 0 radical (unpaired) electrons. The molecule has 2 heterocycles. The third-order valence-corrected chi connectivity index (χ3v) is 7.33. The van der Waals surface area contributed by atoms with E-state index in [1.54, 1.807) is 23.1 Å². The Labute approximate surface area is 221 Å². The Morgan fingerprint density at radius 2 is 2.00 bits per heavy atom. The van der Waals surface area contributed by atoms with Crippen LogP contribution in [0.15, 0.2) is 41.3 Å². The fourth-order valence-electron chi connectivity index (χ4n) is 4.13. The molecule has 2 aliphatic rings. The molecule has 2 saturated heterocycles. The zero-order valence-corrected chi connectivity index (χ0v) is 22.3. The number of carbonyl (C=O) groups is 2. The molecule has 2 fully saturated rings. The molecule has 2 aromatic carbocycles. The van der Waals surface area contributed by atoms with Gasteiger partial charge in [-0.2, -0.15) is 0 Å². The van der Waals surface area contributed by atoms with Crippen LogP contribution in [0.1, 0.15) is 36.5 Å². The predicted molar refractivity (Wildman–Crippen MR) is 147 cm³/mol. The summed E-state index contributed by atoms with van der Waals surface area (Å²) in [5.74, 6) is 0.591. The number of rotatable bonds is 9. The number of ether oxygens (including phenoxy) is 3. The third kappa shape index (κ3) is 6.27. The van der Waals surface area contributed by atoms with Crippen LogP contribution in [0.2, 0.25) is 0 Å². The molecule has 4 rings (SSSR count). The van der Waals surface area contributed by atoms with E-state index >= 15 is 0 Å². The lowest BCUT2D eigenvalue weighted by molar-refractivity contribution is -0.123. The van der Waals surface area contributed by atoms with Crippen LogP contribution >= 0.6 is 24.0 Å². The summed E-state index contributed by atoms with van der Waals surface area (Å²) in [5.41, 5.74) is 3.56. The van der Waals surface area contributed by atoms with Crippen molar-refractivity contribution in [2.24, 2.45) is 0 Å².